The lowest BCUT2D eigenvalue weighted by Crippen LogP contribution is -2.34. The summed E-state index contributed by atoms with van der Waals surface area (Å²) in [5.74, 6) is 0.988. The molecule has 24 heavy (non-hydrogen) atoms. The summed E-state index contributed by atoms with van der Waals surface area (Å²) in [5.41, 5.74) is 3.09. The lowest BCUT2D eigenvalue weighted by molar-refractivity contribution is -0.123. The molecule has 2 rings (SSSR count). The van der Waals surface area contributed by atoms with Crippen LogP contribution < -0.4 is 4.74 Å². The van der Waals surface area contributed by atoms with Gasteiger partial charge in [-0.1, -0.05) is 13.8 Å². The number of ether oxygens (including phenoxy) is 1. The first-order chi connectivity index (χ1) is 11.3. The van der Waals surface area contributed by atoms with Gasteiger partial charge in [-0.25, -0.2) is 0 Å². The van der Waals surface area contributed by atoms with Crippen LogP contribution in [0.2, 0.25) is 0 Å². The van der Waals surface area contributed by atoms with Crippen LogP contribution in [0.1, 0.15) is 57.2 Å². The second-order valence-corrected chi connectivity index (χ2v) is 7.47. The Morgan fingerprint density at radius 1 is 1.21 bits per heavy atom. The SMILES string of the molecule is CCOc1cc(C)c(/C=C2\SC(=O)N(C(C)C)C2=O)cc1C(C)C. The van der Waals surface area contributed by atoms with Crippen LogP contribution in [0.25, 0.3) is 6.08 Å². The highest BCUT2D eigenvalue weighted by molar-refractivity contribution is 8.18. The Balaban J connectivity index is 2.44. The first-order valence-corrected chi connectivity index (χ1v) is 9.12. The molecule has 0 aliphatic carbocycles. The summed E-state index contributed by atoms with van der Waals surface area (Å²) in [6, 6.07) is 3.95. The maximum absolute atomic E-state index is 12.5. The van der Waals surface area contributed by atoms with Crippen molar-refractivity contribution in [2.75, 3.05) is 6.61 Å². The van der Waals surface area contributed by atoms with E-state index < -0.39 is 0 Å². The van der Waals surface area contributed by atoms with Crippen molar-refractivity contribution < 1.29 is 14.3 Å². The highest BCUT2D eigenvalue weighted by Gasteiger charge is 2.36. The Kier molecular flexibility index (Phi) is 5.75. The van der Waals surface area contributed by atoms with E-state index >= 15 is 0 Å². The molecule has 1 aliphatic rings. The minimum atomic E-state index is -0.209. The number of benzene rings is 1. The van der Waals surface area contributed by atoms with Crippen molar-refractivity contribution in [2.45, 2.75) is 53.5 Å². The summed E-state index contributed by atoms with van der Waals surface area (Å²) < 4.78 is 5.74. The van der Waals surface area contributed by atoms with Gasteiger partial charge in [-0.2, -0.15) is 0 Å². The van der Waals surface area contributed by atoms with Gasteiger partial charge in [-0.15, -0.1) is 0 Å². The highest BCUT2D eigenvalue weighted by atomic mass is 32.2. The van der Waals surface area contributed by atoms with E-state index in [4.69, 9.17) is 4.74 Å². The minimum Gasteiger partial charge on any atom is -0.494 e. The molecule has 2 amide bonds. The summed E-state index contributed by atoms with van der Waals surface area (Å²) >= 11 is 1.01. The molecule has 0 saturated carbocycles. The van der Waals surface area contributed by atoms with E-state index in [0.717, 1.165) is 34.2 Å². The number of rotatable bonds is 5. The van der Waals surface area contributed by atoms with Crippen LogP contribution in [0, 0.1) is 6.92 Å². The fourth-order valence-corrected chi connectivity index (χ4v) is 3.62. The molecule has 1 aromatic carbocycles. The van der Waals surface area contributed by atoms with Crippen molar-refractivity contribution in [2.24, 2.45) is 0 Å². The van der Waals surface area contributed by atoms with Gasteiger partial charge >= 0.3 is 0 Å². The van der Waals surface area contributed by atoms with E-state index in [0.29, 0.717) is 17.4 Å². The van der Waals surface area contributed by atoms with Crippen molar-refractivity contribution in [3.63, 3.8) is 0 Å². The third-order valence-electron chi connectivity index (χ3n) is 3.95. The van der Waals surface area contributed by atoms with E-state index in [-0.39, 0.29) is 17.2 Å². The molecule has 0 radical (unpaired) electrons. The summed E-state index contributed by atoms with van der Waals surface area (Å²) in [6.07, 6.45) is 1.82. The monoisotopic (exact) mass is 347 g/mol. The summed E-state index contributed by atoms with van der Waals surface area (Å²) in [5, 5.41) is -0.200. The number of thioether (sulfide) groups is 1. The second-order valence-electron chi connectivity index (χ2n) is 6.48. The zero-order valence-electron chi connectivity index (χ0n) is 15.2. The molecule has 1 aromatic rings. The lowest BCUT2D eigenvalue weighted by atomic mass is 9.96. The van der Waals surface area contributed by atoms with E-state index in [1.165, 1.54) is 4.90 Å². The van der Waals surface area contributed by atoms with Crippen LogP contribution in [0.4, 0.5) is 4.79 Å². The van der Waals surface area contributed by atoms with Crippen molar-refractivity contribution in [1.29, 1.82) is 0 Å². The van der Waals surface area contributed by atoms with Gasteiger partial charge in [0.25, 0.3) is 11.1 Å². The molecular weight excluding hydrogens is 322 g/mol. The predicted molar refractivity (Wildman–Crippen MR) is 99.4 cm³/mol. The first kappa shape index (κ1) is 18.6. The van der Waals surface area contributed by atoms with Crippen LogP contribution in [0.15, 0.2) is 17.0 Å². The van der Waals surface area contributed by atoms with Gasteiger partial charge in [0, 0.05) is 6.04 Å². The Morgan fingerprint density at radius 3 is 2.38 bits per heavy atom. The third-order valence-corrected chi connectivity index (χ3v) is 4.83. The van der Waals surface area contributed by atoms with E-state index in [2.05, 4.69) is 19.9 Å². The first-order valence-electron chi connectivity index (χ1n) is 8.30. The molecule has 1 fully saturated rings. The summed E-state index contributed by atoms with van der Waals surface area (Å²) in [6.45, 7) is 12.5. The zero-order chi connectivity index (χ0) is 18.0. The maximum Gasteiger partial charge on any atom is 0.293 e. The normalized spacial score (nSPS) is 16.8. The number of nitrogens with zero attached hydrogens (tertiary/aromatic N) is 1. The second kappa shape index (κ2) is 7.43. The number of hydrogen-bond donors (Lipinski definition) is 0. The molecule has 1 saturated heterocycles. The van der Waals surface area contributed by atoms with E-state index in [1.807, 2.05) is 39.8 Å². The van der Waals surface area contributed by atoms with Crippen molar-refractivity contribution in [3.05, 3.63) is 33.7 Å². The lowest BCUT2D eigenvalue weighted by Gasteiger charge is -2.17. The Labute approximate surface area is 148 Å². The standard InChI is InChI=1S/C19H25NO3S/c1-7-23-16-8-13(6)14(9-15(16)11(2)3)10-17-18(21)20(12(4)5)19(22)24-17/h8-12H,7H2,1-6H3/b17-10-. The van der Waals surface area contributed by atoms with Crippen LogP contribution in [-0.4, -0.2) is 28.7 Å². The fourth-order valence-electron chi connectivity index (χ4n) is 2.67. The van der Waals surface area contributed by atoms with Crippen LogP contribution >= 0.6 is 11.8 Å². The van der Waals surface area contributed by atoms with Gasteiger partial charge in [-0.05, 0) is 80.3 Å². The fraction of sp³-hybridized carbons (Fsp3) is 0.474. The smallest absolute Gasteiger partial charge is 0.293 e. The van der Waals surface area contributed by atoms with Crippen molar-refractivity contribution in [3.8, 4) is 5.75 Å². The van der Waals surface area contributed by atoms with Gasteiger partial charge in [0.05, 0.1) is 11.5 Å². The Morgan fingerprint density at radius 2 is 1.88 bits per heavy atom. The van der Waals surface area contributed by atoms with E-state index in [1.54, 1.807) is 0 Å². The maximum atomic E-state index is 12.5. The van der Waals surface area contributed by atoms with Gasteiger partial charge in [0.1, 0.15) is 5.75 Å². The number of aryl methyl sites for hydroxylation is 1. The average Bonchev–Trinajstić information content (AvgIpc) is 2.76. The van der Waals surface area contributed by atoms with Crippen LogP contribution in [0.5, 0.6) is 5.75 Å². The molecular formula is C19H25NO3S. The van der Waals surface area contributed by atoms with Gasteiger partial charge in [0.15, 0.2) is 0 Å². The number of carbonyl (C=O) groups excluding carboxylic acids is 2. The molecule has 1 aliphatic heterocycles. The predicted octanol–water partition coefficient (Wildman–Crippen LogP) is 4.96. The quantitative estimate of drug-likeness (QED) is 0.706. The topological polar surface area (TPSA) is 46.6 Å². The molecule has 0 N–H and O–H groups in total. The molecule has 0 atom stereocenters. The molecule has 0 spiro atoms. The minimum absolute atomic E-state index is 0.129. The molecule has 130 valence electrons. The zero-order valence-corrected chi connectivity index (χ0v) is 16.0. The highest BCUT2D eigenvalue weighted by Crippen LogP contribution is 2.36. The Hall–Kier alpha value is -1.75. The van der Waals surface area contributed by atoms with E-state index in [9.17, 15) is 9.59 Å². The molecule has 0 aromatic heterocycles. The van der Waals surface area contributed by atoms with Crippen molar-refractivity contribution in [1.82, 2.24) is 4.90 Å². The van der Waals surface area contributed by atoms with Crippen LogP contribution in [0.3, 0.4) is 0 Å². The molecule has 0 bridgehead atoms. The Bertz CT molecular complexity index is 692. The van der Waals surface area contributed by atoms with Gasteiger partial charge in [0.2, 0.25) is 0 Å². The third kappa shape index (κ3) is 3.66. The molecule has 5 heteroatoms. The molecule has 0 unspecified atom stereocenters. The number of amides is 2. The number of carbonyl (C=O) groups is 2. The summed E-state index contributed by atoms with van der Waals surface area (Å²) in [4.78, 5) is 26.3. The number of imide groups is 1. The summed E-state index contributed by atoms with van der Waals surface area (Å²) in [7, 11) is 0. The largest absolute Gasteiger partial charge is 0.494 e. The van der Waals surface area contributed by atoms with Crippen LogP contribution in [-0.2, 0) is 4.79 Å². The van der Waals surface area contributed by atoms with Gasteiger partial charge in [-0.3, -0.25) is 14.5 Å². The van der Waals surface area contributed by atoms with Crippen molar-refractivity contribution >= 4 is 29.0 Å². The molecule has 4 nitrogen and oxygen atoms in total. The molecule has 1 heterocycles. The van der Waals surface area contributed by atoms with Gasteiger partial charge < -0.3 is 4.74 Å². The number of hydrogen-bond acceptors (Lipinski definition) is 4. The average molecular weight is 347 g/mol.